The van der Waals surface area contributed by atoms with Gasteiger partial charge < -0.3 is 16.0 Å². The Labute approximate surface area is 172 Å². The van der Waals surface area contributed by atoms with E-state index >= 15 is 0 Å². The maximum atomic E-state index is 12.8. The number of nitrogens with two attached hydrogens (primary N) is 1. The van der Waals surface area contributed by atoms with Gasteiger partial charge in [-0.25, -0.2) is 0 Å². The van der Waals surface area contributed by atoms with Gasteiger partial charge in [-0.2, -0.15) is 0 Å². The zero-order valence-corrected chi connectivity index (χ0v) is 16.8. The molecule has 29 heavy (non-hydrogen) atoms. The van der Waals surface area contributed by atoms with Gasteiger partial charge in [-0.1, -0.05) is 42.8 Å². The number of carbonyl (C=O) groups excluding carboxylic acids is 2. The molecule has 2 aliphatic rings. The fourth-order valence-corrected chi connectivity index (χ4v) is 3.70. The molecule has 2 aromatic carbocycles. The molecule has 0 saturated heterocycles. The van der Waals surface area contributed by atoms with Crippen LogP contribution in [0.25, 0.3) is 0 Å². The van der Waals surface area contributed by atoms with Crippen LogP contribution in [0.4, 0.5) is 5.69 Å². The van der Waals surface area contributed by atoms with Crippen LogP contribution in [0.3, 0.4) is 0 Å². The Kier molecular flexibility index (Phi) is 5.95. The van der Waals surface area contributed by atoms with Crippen molar-refractivity contribution in [3.8, 4) is 0 Å². The molecule has 5 heteroatoms. The van der Waals surface area contributed by atoms with Gasteiger partial charge in [-0.05, 0) is 54.5 Å². The van der Waals surface area contributed by atoms with Crippen LogP contribution in [-0.2, 0) is 29.2 Å². The summed E-state index contributed by atoms with van der Waals surface area (Å²) in [5.74, 6) is 0.694. The molecule has 0 bridgehead atoms. The number of benzene rings is 2. The van der Waals surface area contributed by atoms with Crippen LogP contribution in [0.15, 0.2) is 48.5 Å². The maximum Gasteiger partial charge on any atom is 0.227 e. The molecule has 4 rings (SSSR count). The molecule has 0 aromatic heterocycles. The maximum absolute atomic E-state index is 12.8. The molecule has 0 unspecified atom stereocenters. The number of rotatable bonds is 8. The highest BCUT2D eigenvalue weighted by atomic mass is 16.2. The number of hydrogen-bond acceptors (Lipinski definition) is 3. The summed E-state index contributed by atoms with van der Waals surface area (Å²) >= 11 is 0. The molecule has 0 spiro atoms. The largest absolute Gasteiger partial charge is 0.334 e. The van der Waals surface area contributed by atoms with Crippen LogP contribution in [0.1, 0.15) is 48.8 Å². The molecule has 2 aromatic rings. The van der Waals surface area contributed by atoms with Crippen molar-refractivity contribution in [3.05, 3.63) is 65.2 Å². The number of hydrogen-bond donors (Lipinski definition) is 2. The first-order chi connectivity index (χ1) is 14.1. The normalized spacial score (nSPS) is 16.2. The Morgan fingerprint density at radius 3 is 2.21 bits per heavy atom. The quantitative estimate of drug-likeness (QED) is 0.718. The number of amides is 2. The van der Waals surface area contributed by atoms with E-state index in [1.54, 1.807) is 0 Å². The van der Waals surface area contributed by atoms with Crippen molar-refractivity contribution in [3.63, 3.8) is 0 Å². The molecule has 0 heterocycles. The van der Waals surface area contributed by atoms with Crippen LogP contribution in [-0.4, -0.2) is 16.7 Å². The monoisotopic (exact) mass is 391 g/mol. The summed E-state index contributed by atoms with van der Waals surface area (Å²) in [5.41, 5.74) is 9.83. The zero-order valence-electron chi connectivity index (χ0n) is 16.8. The Bertz CT molecular complexity index is 870. The van der Waals surface area contributed by atoms with E-state index < -0.39 is 0 Å². The number of nitrogens with zero attached hydrogens (tertiary/aromatic N) is 1. The molecule has 3 N–H and O–H groups in total. The molecule has 2 saturated carbocycles. The summed E-state index contributed by atoms with van der Waals surface area (Å²) in [6.45, 7) is 1.65. The van der Waals surface area contributed by atoms with Crippen molar-refractivity contribution in [1.29, 1.82) is 0 Å². The summed E-state index contributed by atoms with van der Waals surface area (Å²) < 4.78 is 0. The highest BCUT2D eigenvalue weighted by Crippen LogP contribution is 2.32. The third kappa shape index (κ3) is 5.04. The van der Waals surface area contributed by atoms with Gasteiger partial charge in [0.05, 0.1) is 0 Å². The van der Waals surface area contributed by atoms with Crippen LogP contribution in [0.5, 0.6) is 0 Å². The van der Waals surface area contributed by atoms with Gasteiger partial charge in [-0.3, -0.25) is 9.59 Å². The van der Waals surface area contributed by atoms with Gasteiger partial charge in [0.2, 0.25) is 11.8 Å². The van der Waals surface area contributed by atoms with Gasteiger partial charge >= 0.3 is 0 Å². The van der Waals surface area contributed by atoms with Gasteiger partial charge in [0, 0.05) is 37.2 Å². The lowest BCUT2D eigenvalue weighted by Crippen LogP contribution is -2.31. The zero-order chi connectivity index (χ0) is 20.2. The number of nitrogens with one attached hydrogen (secondary N) is 1. The molecule has 2 amide bonds. The van der Waals surface area contributed by atoms with Crippen LogP contribution < -0.4 is 11.1 Å². The molecule has 5 nitrogen and oxygen atoms in total. The molecular formula is C24H29N3O2. The first kappa shape index (κ1) is 19.6. The Morgan fingerprint density at radius 2 is 1.59 bits per heavy atom. The first-order valence-electron chi connectivity index (χ1n) is 10.6. The molecular weight excluding hydrogens is 362 g/mol. The van der Waals surface area contributed by atoms with E-state index in [1.807, 2.05) is 47.4 Å². The van der Waals surface area contributed by atoms with Crippen molar-refractivity contribution in [2.24, 2.45) is 17.6 Å². The first-order valence-corrected chi connectivity index (χ1v) is 10.6. The SMILES string of the molecule is NCc1cccc(CN(Cc2ccc(NC(=O)C3CCC3)cc2)C(=O)C2CC2)c1. The summed E-state index contributed by atoms with van der Waals surface area (Å²) in [6, 6.07) is 16.0. The van der Waals surface area contributed by atoms with E-state index in [1.165, 1.54) is 0 Å². The highest BCUT2D eigenvalue weighted by Gasteiger charge is 2.33. The fourth-order valence-electron chi connectivity index (χ4n) is 3.70. The van der Waals surface area contributed by atoms with Crippen LogP contribution in [0, 0.1) is 11.8 Å². The second-order valence-electron chi connectivity index (χ2n) is 8.31. The van der Waals surface area contributed by atoms with Crippen molar-refractivity contribution in [2.75, 3.05) is 5.32 Å². The summed E-state index contributed by atoms with van der Waals surface area (Å²) in [7, 11) is 0. The van der Waals surface area contributed by atoms with E-state index in [9.17, 15) is 9.59 Å². The van der Waals surface area contributed by atoms with Gasteiger partial charge in [0.25, 0.3) is 0 Å². The van der Waals surface area contributed by atoms with Crippen molar-refractivity contribution in [2.45, 2.75) is 51.7 Å². The Hall–Kier alpha value is -2.66. The van der Waals surface area contributed by atoms with Gasteiger partial charge in [0.15, 0.2) is 0 Å². The predicted molar refractivity (Wildman–Crippen MR) is 114 cm³/mol. The molecule has 2 fully saturated rings. The number of carbonyl (C=O) groups is 2. The average molecular weight is 392 g/mol. The number of anilines is 1. The lowest BCUT2D eigenvalue weighted by atomic mass is 9.85. The molecule has 0 radical (unpaired) electrons. The highest BCUT2D eigenvalue weighted by molar-refractivity contribution is 5.93. The van der Waals surface area contributed by atoms with E-state index in [-0.39, 0.29) is 23.7 Å². The van der Waals surface area contributed by atoms with E-state index in [0.717, 1.165) is 54.5 Å². The minimum Gasteiger partial charge on any atom is -0.334 e. The van der Waals surface area contributed by atoms with Crippen molar-refractivity contribution < 1.29 is 9.59 Å². The van der Waals surface area contributed by atoms with E-state index in [4.69, 9.17) is 5.73 Å². The van der Waals surface area contributed by atoms with Crippen molar-refractivity contribution in [1.82, 2.24) is 4.90 Å². The molecule has 152 valence electrons. The fraction of sp³-hybridized carbons (Fsp3) is 0.417. The summed E-state index contributed by atoms with van der Waals surface area (Å²) in [5, 5.41) is 3.00. The third-order valence-electron chi connectivity index (χ3n) is 5.91. The Balaban J connectivity index is 1.42. The molecule has 2 aliphatic carbocycles. The summed E-state index contributed by atoms with van der Waals surface area (Å²) in [6.07, 6.45) is 5.12. The molecule has 0 atom stereocenters. The smallest absolute Gasteiger partial charge is 0.227 e. The predicted octanol–water partition coefficient (Wildman–Crippen LogP) is 3.82. The third-order valence-corrected chi connectivity index (χ3v) is 5.91. The van der Waals surface area contributed by atoms with Crippen LogP contribution in [0.2, 0.25) is 0 Å². The lowest BCUT2D eigenvalue weighted by Gasteiger charge is -2.25. The van der Waals surface area contributed by atoms with Gasteiger partial charge in [0.1, 0.15) is 0 Å². The van der Waals surface area contributed by atoms with Crippen LogP contribution >= 0.6 is 0 Å². The van der Waals surface area contributed by atoms with Crippen molar-refractivity contribution >= 4 is 17.5 Å². The minimum absolute atomic E-state index is 0.120. The van der Waals surface area contributed by atoms with E-state index in [2.05, 4.69) is 11.4 Å². The minimum atomic E-state index is 0.120. The summed E-state index contributed by atoms with van der Waals surface area (Å²) in [4.78, 5) is 26.9. The lowest BCUT2D eigenvalue weighted by molar-refractivity contribution is -0.133. The second-order valence-corrected chi connectivity index (χ2v) is 8.31. The van der Waals surface area contributed by atoms with E-state index in [0.29, 0.717) is 19.6 Å². The standard InChI is InChI=1S/C24H29N3O2/c25-14-18-3-1-4-19(13-18)16-27(24(29)21-9-10-21)15-17-7-11-22(12-8-17)26-23(28)20-5-2-6-20/h1,3-4,7-8,11-13,20-21H,2,5-6,9-10,14-16,25H2,(H,26,28). The molecule has 0 aliphatic heterocycles. The average Bonchev–Trinajstić information content (AvgIpc) is 3.52. The topological polar surface area (TPSA) is 75.4 Å². The van der Waals surface area contributed by atoms with Gasteiger partial charge in [-0.15, -0.1) is 0 Å². The Morgan fingerprint density at radius 1 is 0.897 bits per heavy atom. The second kappa shape index (κ2) is 8.78.